The fraction of sp³-hybridized carbons (Fsp3) is 0.857. The first-order valence-electron chi connectivity index (χ1n) is 7.16. The molecule has 0 aliphatic carbocycles. The molecular weight excluding hydrogens is 242 g/mol. The van der Waals surface area contributed by atoms with E-state index in [-0.39, 0.29) is 17.5 Å². The molecule has 0 aromatic carbocycles. The molecule has 1 rings (SSSR count). The zero-order valence-electron chi connectivity index (χ0n) is 12.8. The molecule has 1 aliphatic rings. The van der Waals surface area contributed by atoms with Crippen LogP contribution in [0.3, 0.4) is 0 Å². The molecule has 3 amide bonds. The van der Waals surface area contributed by atoms with Crippen molar-refractivity contribution < 1.29 is 14.5 Å². The molecule has 1 saturated heterocycles. The van der Waals surface area contributed by atoms with E-state index in [2.05, 4.69) is 17.6 Å². The van der Waals surface area contributed by atoms with Crippen LogP contribution in [0.1, 0.15) is 47.5 Å². The quantitative estimate of drug-likeness (QED) is 0.676. The molecule has 1 fully saturated rings. The number of quaternary nitrogens is 1. The first kappa shape index (κ1) is 16.0. The van der Waals surface area contributed by atoms with Gasteiger partial charge in [0, 0.05) is 11.5 Å². The van der Waals surface area contributed by atoms with Crippen LogP contribution in [0.5, 0.6) is 0 Å². The van der Waals surface area contributed by atoms with Gasteiger partial charge in [-0.05, 0) is 40.5 Å². The minimum absolute atomic E-state index is 0.173. The van der Waals surface area contributed by atoms with Crippen LogP contribution in [-0.4, -0.2) is 36.6 Å². The van der Waals surface area contributed by atoms with Crippen molar-refractivity contribution in [3.8, 4) is 0 Å². The zero-order valence-corrected chi connectivity index (χ0v) is 12.8. The van der Waals surface area contributed by atoms with Crippen molar-refractivity contribution in [2.24, 2.45) is 5.92 Å². The Morgan fingerprint density at radius 3 is 2.47 bits per heavy atom. The van der Waals surface area contributed by atoms with Gasteiger partial charge in [-0.15, -0.1) is 0 Å². The first-order chi connectivity index (χ1) is 8.69. The normalized spacial score (nSPS) is 25.5. The summed E-state index contributed by atoms with van der Waals surface area (Å²) in [7, 11) is 0. The lowest BCUT2D eigenvalue weighted by molar-refractivity contribution is -0.922. The standard InChI is InChI=1S/C14H27N3O2/c1-10-7-6-8-17(9-10)11(2)12(18)15-13(19)16-14(3,4)5/h10-11H,6-9H2,1-5H3,(H2,15,16,18,19)/p+1/t10-,11+/m1/s1. The molecule has 110 valence electrons. The zero-order chi connectivity index (χ0) is 14.6. The number of carbonyl (C=O) groups is 2. The highest BCUT2D eigenvalue weighted by molar-refractivity contribution is 5.96. The summed E-state index contributed by atoms with van der Waals surface area (Å²) in [6.07, 6.45) is 2.39. The van der Waals surface area contributed by atoms with E-state index in [1.54, 1.807) is 0 Å². The average molecular weight is 270 g/mol. The maximum atomic E-state index is 12.1. The number of imide groups is 1. The SMILES string of the molecule is C[C@@H]1CCC[NH+]([C@@H](C)C(=O)NC(=O)NC(C)(C)C)C1. The molecule has 0 aromatic rings. The molecule has 0 aromatic heterocycles. The van der Waals surface area contributed by atoms with Gasteiger partial charge < -0.3 is 10.2 Å². The maximum Gasteiger partial charge on any atom is 0.322 e. The van der Waals surface area contributed by atoms with E-state index < -0.39 is 6.03 Å². The van der Waals surface area contributed by atoms with E-state index in [0.29, 0.717) is 5.92 Å². The van der Waals surface area contributed by atoms with E-state index in [9.17, 15) is 9.59 Å². The van der Waals surface area contributed by atoms with E-state index in [1.807, 2.05) is 27.7 Å². The van der Waals surface area contributed by atoms with Gasteiger partial charge in [0.2, 0.25) is 0 Å². The minimum Gasteiger partial charge on any atom is -0.333 e. The highest BCUT2D eigenvalue weighted by atomic mass is 16.2. The summed E-state index contributed by atoms with van der Waals surface area (Å²) >= 11 is 0. The van der Waals surface area contributed by atoms with Crippen LogP contribution in [0.2, 0.25) is 0 Å². The number of hydrogen-bond donors (Lipinski definition) is 3. The predicted molar refractivity (Wildman–Crippen MR) is 75.0 cm³/mol. The summed E-state index contributed by atoms with van der Waals surface area (Å²) in [6.45, 7) is 11.8. The smallest absolute Gasteiger partial charge is 0.322 e. The molecule has 1 aliphatic heterocycles. The molecule has 3 atom stereocenters. The van der Waals surface area contributed by atoms with Crippen LogP contribution in [0, 0.1) is 5.92 Å². The third-order valence-corrected chi connectivity index (χ3v) is 3.54. The van der Waals surface area contributed by atoms with Crippen LogP contribution in [0.25, 0.3) is 0 Å². The summed E-state index contributed by atoms with van der Waals surface area (Å²) in [6, 6.07) is -0.581. The molecule has 0 saturated carbocycles. The van der Waals surface area contributed by atoms with Crippen molar-refractivity contribution >= 4 is 11.9 Å². The summed E-state index contributed by atoms with van der Waals surface area (Å²) in [5, 5.41) is 5.18. The lowest BCUT2D eigenvalue weighted by atomic mass is 9.99. The number of nitrogens with one attached hydrogen (secondary N) is 3. The third-order valence-electron chi connectivity index (χ3n) is 3.54. The monoisotopic (exact) mass is 270 g/mol. The summed E-state index contributed by atoms with van der Waals surface area (Å²) < 4.78 is 0. The number of piperidine rings is 1. The number of amides is 3. The molecule has 5 heteroatoms. The summed E-state index contributed by atoms with van der Waals surface area (Å²) in [5.41, 5.74) is -0.333. The Balaban J connectivity index is 2.46. The second kappa shape index (κ2) is 6.37. The highest BCUT2D eigenvalue weighted by Crippen LogP contribution is 2.05. The van der Waals surface area contributed by atoms with E-state index >= 15 is 0 Å². The summed E-state index contributed by atoms with van der Waals surface area (Å²) in [4.78, 5) is 25.0. The number of carbonyl (C=O) groups excluding carboxylic acids is 2. The van der Waals surface area contributed by atoms with Gasteiger partial charge in [0.25, 0.3) is 5.91 Å². The number of likely N-dealkylation sites (tertiary alicyclic amines) is 1. The second-order valence-electron chi connectivity index (χ2n) is 6.77. The highest BCUT2D eigenvalue weighted by Gasteiger charge is 2.30. The lowest BCUT2D eigenvalue weighted by Gasteiger charge is -2.31. The van der Waals surface area contributed by atoms with Crippen LogP contribution in [0.15, 0.2) is 0 Å². The van der Waals surface area contributed by atoms with Gasteiger partial charge in [-0.1, -0.05) is 6.92 Å². The Bertz CT molecular complexity index is 336. The molecule has 3 N–H and O–H groups in total. The van der Waals surface area contributed by atoms with Gasteiger partial charge in [0.1, 0.15) is 0 Å². The Hall–Kier alpha value is -1.10. The van der Waals surface area contributed by atoms with Crippen LogP contribution in [0.4, 0.5) is 4.79 Å². The Morgan fingerprint density at radius 1 is 1.32 bits per heavy atom. The Morgan fingerprint density at radius 2 is 1.95 bits per heavy atom. The van der Waals surface area contributed by atoms with Crippen molar-refractivity contribution in [3.63, 3.8) is 0 Å². The number of hydrogen-bond acceptors (Lipinski definition) is 2. The molecule has 0 bridgehead atoms. The minimum atomic E-state index is -0.409. The molecule has 5 nitrogen and oxygen atoms in total. The Kier molecular flexibility index (Phi) is 5.35. The van der Waals surface area contributed by atoms with Crippen LogP contribution >= 0.6 is 0 Å². The molecule has 0 radical (unpaired) electrons. The fourth-order valence-electron chi connectivity index (χ4n) is 2.50. The van der Waals surface area contributed by atoms with Gasteiger partial charge in [0.15, 0.2) is 6.04 Å². The van der Waals surface area contributed by atoms with Gasteiger partial charge in [-0.3, -0.25) is 10.1 Å². The maximum absolute atomic E-state index is 12.1. The van der Waals surface area contributed by atoms with Crippen molar-refractivity contribution in [3.05, 3.63) is 0 Å². The number of rotatable bonds is 2. The lowest BCUT2D eigenvalue weighted by Crippen LogP contribution is -3.18. The second-order valence-corrected chi connectivity index (χ2v) is 6.77. The van der Waals surface area contributed by atoms with E-state index in [1.165, 1.54) is 11.3 Å². The van der Waals surface area contributed by atoms with Gasteiger partial charge in [-0.2, -0.15) is 0 Å². The topological polar surface area (TPSA) is 62.6 Å². The van der Waals surface area contributed by atoms with Crippen LogP contribution in [-0.2, 0) is 4.79 Å². The predicted octanol–water partition coefficient (Wildman–Crippen LogP) is 0.314. The van der Waals surface area contributed by atoms with Crippen molar-refractivity contribution in [2.75, 3.05) is 13.1 Å². The molecular formula is C14H28N3O2+. The van der Waals surface area contributed by atoms with Crippen molar-refractivity contribution in [1.29, 1.82) is 0 Å². The molecule has 1 unspecified atom stereocenters. The third kappa shape index (κ3) is 5.59. The first-order valence-corrected chi connectivity index (χ1v) is 7.16. The van der Waals surface area contributed by atoms with E-state index in [4.69, 9.17) is 0 Å². The van der Waals surface area contributed by atoms with Gasteiger partial charge in [0.05, 0.1) is 13.1 Å². The van der Waals surface area contributed by atoms with Gasteiger partial charge in [-0.25, -0.2) is 4.79 Å². The Labute approximate surface area is 116 Å². The molecule has 0 spiro atoms. The van der Waals surface area contributed by atoms with Gasteiger partial charge >= 0.3 is 6.03 Å². The average Bonchev–Trinajstić information content (AvgIpc) is 2.25. The van der Waals surface area contributed by atoms with Crippen molar-refractivity contribution in [2.45, 2.75) is 59.0 Å². The fourth-order valence-corrected chi connectivity index (χ4v) is 2.50. The number of urea groups is 1. The van der Waals surface area contributed by atoms with Crippen LogP contribution < -0.4 is 15.5 Å². The summed E-state index contributed by atoms with van der Waals surface area (Å²) in [5.74, 6) is 0.466. The van der Waals surface area contributed by atoms with Crippen molar-refractivity contribution in [1.82, 2.24) is 10.6 Å². The van der Waals surface area contributed by atoms with E-state index in [0.717, 1.165) is 19.5 Å². The molecule has 19 heavy (non-hydrogen) atoms. The largest absolute Gasteiger partial charge is 0.333 e. The molecule has 1 heterocycles.